The van der Waals surface area contributed by atoms with Gasteiger partial charge in [0.05, 0.1) is 0 Å². The normalized spacial score (nSPS) is 11.3. The van der Waals surface area contributed by atoms with E-state index in [0.717, 1.165) is 16.7 Å². The maximum atomic E-state index is 11.7. The van der Waals surface area contributed by atoms with Crippen molar-refractivity contribution in [2.24, 2.45) is 0 Å². The molecule has 0 aliphatic carbocycles. The summed E-state index contributed by atoms with van der Waals surface area (Å²) in [5.41, 5.74) is 9.61. The highest BCUT2D eigenvalue weighted by Gasteiger charge is 2.29. The molecular weight excluding hydrogens is 266 g/mol. The van der Waals surface area contributed by atoms with E-state index in [1.54, 1.807) is 6.92 Å². The molecule has 0 radical (unpaired) electrons. The Hall–Kier alpha value is -1.68. The van der Waals surface area contributed by atoms with Crippen molar-refractivity contribution in [3.05, 3.63) is 34.6 Å². The number of Topliss-reactive ketones (excluding diaryl/α,β-unsaturated/α-hetero) is 1. The van der Waals surface area contributed by atoms with Crippen molar-refractivity contribution < 1.29 is 14.3 Å². The van der Waals surface area contributed by atoms with E-state index >= 15 is 0 Å². The van der Waals surface area contributed by atoms with Crippen LogP contribution in [-0.4, -0.2) is 18.3 Å². The molecule has 1 aromatic carbocycles. The lowest BCUT2D eigenvalue weighted by Gasteiger charge is -2.28. The maximum Gasteiger partial charge on any atom is 0.309 e. The number of ether oxygens (including phenoxy) is 1. The van der Waals surface area contributed by atoms with E-state index in [2.05, 4.69) is 0 Å². The number of esters is 1. The van der Waals surface area contributed by atoms with E-state index in [9.17, 15) is 9.59 Å². The average molecular weight is 290 g/mol. The molecule has 0 atom stereocenters. The van der Waals surface area contributed by atoms with Gasteiger partial charge in [-0.05, 0) is 38.0 Å². The van der Waals surface area contributed by atoms with E-state index in [4.69, 9.17) is 10.5 Å². The molecule has 0 fully saturated rings. The molecular formula is C17H24NO3-. The van der Waals surface area contributed by atoms with Gasteiger partial charge in [0, 0.05) is 23.8 Å². The highest BCUT2D eigenvalue weighted by Crippen LogP contribution is 2.38. The van der Waals surface area contributed by atoms with Crippen LogP contribution in [0.5, 0.6) is 5.75 Å². The van der Waals surface area contributed by atoms with Gasteiger partial charge >= 0.3 is 5.97 Å². The summed E-state index contributed by atoms with van der Waals surface area (Å²) in [7, 11) is 0. The van der Waals surface area contributed by atoms with Crippen LogP contribution >= 0.6 is 0 Å². The Morgan fingerprint density at radius 1 is 1.24 bits per heavy atom. The first kappa shape index (κ1) is 17.4. The van der Waals surface area contributed by atoms with Gasteiger partial charge in [-0.3, -0.25) is 9.59 Å². The van der Waals surface area contributed by atoms with Crippen LogP contribution in [-0.2, 0) is 15.0 Å². The third kappa shape index (κ3) is 4.67. The van der Waals surface area contributed by atoms with Crippen molar-refractivity contribution in [3.8, 4) is 5.75 Å². The Bertz CT molecular complexity index is 547. The van der Waals surface area contributed by atoms with Crippen LogP contribution in [0.15, 0.2) is 12.1 Å². The van der Waals surface area contributed by atoms with Gasteiger partial charge in [-0.15, -0.1) is 6.54 Å². The van der Waals surface area contributed by atoms with Crippen molar-refractivity contribution >= 4 is 11.8 Å². The molecule has 0 amide bonds. The van der Waals surface area contributed by atoms with Gasteiger partial charge in [0.15, 0.2) is 0 Å². The number of aryl methyl sites for hydroxylation is 2. The van der Waals surface area contributed by atoms with Gasteiger partial charge in [-0.1, -0.05) is 19.9 Å². The minimum absolute atomic E-state index is 0.00973. The maximum absolute atomic E-state index is 11.7. The predicted molar refractivity (Wildman–Crippen MR) is 83.7 cm³/mol. The topological polar surface area (TPSA) is 67.2 Å². The standard InChI is InChI=1S/C17H24NO3/c1-11-8-12(2)16(17(4,5)10-13(3)19)14(9-11)21-15(20)6-7-18/h8-9,18H,6-7,10H2,1-5H3/q-1. The van der Waals surface area contributed by atoms with Crippen LogP contribution in [0.1, 0.15) is 50.3 Å². The van der Waals surface area contributed by atoms with Crippen molar-refractivity contribution in [1.82, 2.24) is 0 Å². The van der Waals surface area contributed by atoms with E-state index in [-0.39, 0.29) is 18.7 Å². The van der Waals surface area contributed by atoms with Crippen LogP contribution in [0.4, 0.5) is 0 Å². The molecule has 0 unspecified atom stereocenters. The highest BCUT2D eigenvalue weighted by molar-refractivity contribution is 5.78. The summed E-state index contributed by atoms with van der Waals surface area (Å²) in [6.07, 6.45) is 0.458. The number of carbonyl (C=O) groups is 2. The summed E-state index contributed by atoms with van der Waals surface area (Å²) in [5, 5.41) is 0. The van der Waals surface area contributed by atoms with Gasteiger partial charge in [0.1, 0.15) is 11.5 Å². The number of hydrogen-bond acceptors (Lipinski definition) is 3. The lowest BCUT2D eigenvalue weighted by molar-refractivity contribution is -0.134. The zero-order valence-corrected chi connectivity index (χ0v) is 13.5. The Morgan fingerprint density at radius 2 is 1.86 bits per heavy atom. The first-order valence-corrected chi connectivity index (χ1v) is 7.14. The number of hydrogen-bond donors (Lipinski definition) is 0. The smallest absolute Gasteiger partial charge is 0.309 e. The number of carbonyl (C=O) groups excluding carboxylic acids is 2. The van der Waals surface area contributed by atoms with Gasteiger partial charge in [0.25, 0.3) is 0 Å². The van der Waals surface area contributed by atoms with Crippen LogP contribution < -0.4 is 4.74 Å². The Balaban J connectivity index is 3.29. The lowest BCUT2D eigenvalue weighted by atomic mass is 9.77. The summed E-state index contributed by atoms with van der Waals surface area (Å²) in [4.78, 5) is 23.2. The van der Waals surface area contributed by atoms with Crippen LogP contribution in [0, 0.1) is 13.8 Å². The number of ketones is 1. The van der Waals surface area contributed by atoms with Gasteiger partial charge < -0.3 is 10.5 Å². The Morgan fingerprint density at radius 3 is 2.38 bits per heavy atom. The first-order chi connectivity index (χ1) is 9.67. The summed E-state index contributed by atoms with van der Waals surface area (Å²) in [6.45, 7) is 9.44. The molecule has 1 N–H and O–H groups in total. The van der Waals surface area contributed by atoms with Gasteiger partial charge in [-0.25, -0.2) is 0 Å². The second-order valence-electron chi connectivity index (χ2n) is 6.19. The zero-order chi connectivity index (χ0) is 16.2. The fraction of sp³-hybridized carbons (Fsp3) is 0.529. The average Bonchev–Trinajstić information content (AvgIpc) is 2.24. The molecule has 0 aromatic heterocycles. The molecule has 1 aromatic rings. The predicted octanol–water partition coefficient (Wildman–Crippen LogP) is 3.91. The summed E-state index contributed by atoms with van der Waals surface area (Å²) < 4.78 is 5.45. The molecule has 0 bridgehead atoms. The van der Waals surface area contributed by atoms with Crippen molar-refractivity contribution in [2.45, 2.75) is 52.9 Å². The van der Waals surface area contributed by atoms with Crippen molar-refractivity contribution in [2.75, 3.05) is 6.54 Å². The van der Waals surface area contributed by atoms with Crippen LogP contribution in [0.3, 0.4) is 0 Å². The van der Waals surface area contributed by atoms with E-state index in [1.807, 2.05) is 39.8 Å². The first-order valence-electron chi connectivity index (χ1n) is 7.14. The monoisotopic (exact) mass is 290 g/mol. The van der Waals surface area contributed by atoms with Crippen LogP contribution in [0.2, 0.25) is 0 Å². The number of rotatable bonds is 6. The Kier molecular flexibility index (Phi) is 5.67. The lowest BCUT2D eigenvalue weighted by Crippen LogP contribution is -2.24. The zero-order valence-electron chi connectivity index (χ0n) is 13.5. The minimum Gasteiger partial charge on any atom is -0.677 e. The van der Waals surface area contributed by atoms with E-state index in [0.29, 0.717) is 12.2 Å². The molecule has 116 valence electrons. The molecule has 1 rings (SSSR count). The summed E-state index contributed by atoms with van der Waals surface area (Å²) in [5.74, 6) is 0.204. The molecule has 21 heavy (non-hydrogen) atoms. The van der Waals surface area contributed by atoms with Crippen molar-refractivity contribution in [3.63, 3.8) is 0 Å². The molecule has 0 saturated heterocycles. The SMILES string of the molecule is CC(=O)CC(C)(C)c1c(C)cc(C)cc1OC(=O)CC[NH-]. The Labute approximate surface area is 126 Å². The summed E-state index contributed by atoms with van der Waals surface area (Å²) in [6, 6.07) is 3.85. The van der Waals surface area contributed by atoms with Crippen molar-refractivity contribution in [1.29, 1.82) is 0 Å². The number of nitrogens with one attached hydrogen (secondary N) is 1. The molecule has 0 heterocycles. The van der Waals surface area contributed by atoms with E-state index in [1.165, 1.54) is 0 Å². The van der Waals surface area contributed by atoms with Gasteiger partial charge in [0.2, 0.25) is 0 Å². The van der Waals surface area contributed by atoms with E-state index < -0.39 is 11.4 Å². The highest BCUT2D eigenvalue weighted by atomic mass is 16.5. The molecule has 0 aliphatic heterocycles. The fourth-order valence-corrected chi connectivity index (χ4v) is 2.86. The second-order valence-corrected chi connectivity index (χ2v) is 6.19. The van der Waals surface area contributed by atoms with Crippen LogP contribution in [0.25, 0.3) is 5.73 Å². The second kappa shape index (κ2) is 6.85. The largest absolute Gasteiger partial charge is 0.677 e. The number of benzene rings is 1. The molecule has 0 aliphatic rings. The third-order valence-electron chi connectivity index (χ3n) is 3.36. The fourth-order valence-electron chi connectivity index (χ4n) is 2.86. The van der Waals surface area contributed by atoms with Gasteiger partial charge in [-0.2, -0.15) is 0 Å². The molecule has 0 saturated carbocycles. The quantitative estimate of drug-likeness (QED) is 0.589. The molecule has 4 heteroatoms. The molecule has 4 nitrogen and oxygen atoms in total. The molecule has 0 spiro atoms. The third-order valence-corrected chi connectivity index (χ3v) is 3.36. The summed E-state index contributed by atoms with van der Waals surface area (Å²) >= 11 is 0. The minimum atomic E-state index is -0.408.